The van der Waals surface area contributed by atoms with Gasteiger partial charge in [0.2, 0.25) is 0 Å². The maximum absolute atomic E-state index is 12.9. The Labute approximate surface area is 174 Å². The topological polar surface area (TPSA) is 113 Å². The van der Waals surface area contributed by atoms with Gasteiger partial charge in [-0.25, -0.2) is 0 Å². The van der Waals surface area contributed by atoms with Crippen LogP contribution < -0.4 is 0 Å². The molecule has 30 heavy (non-hydrogen) atoms. The van der Waals surface area contributed by atoms with E-state index in [-0.39, 0.29) is 36.7 Å². The zero-order valence-electron chi connectivity index (χ0n) is 16.8. The minimum atomic E-state index is -1.31. The number of carbonyl (C=O) groups is 3. The minimum absolute atomic E-state index is 0.0759. The van der Waals surface area contributed by atoms with Crippen LogP contribution in [0.5, 0.6) is 0 Å². The van der Waals surface area contributed by atoms with E-state index in [0.717, 1.165) is 0 Å². The summed E-state index contributed by atoms with van der Waals surface area (Å²) < 4.78 is 10.2. The van der Waals surface area contributed by atoms with Crippen LogP contribution in [0.15, 0.2) is 54.6 Å². The van der Waals surface area contributed by atoms with E-state index < -0.39 is 28.7 Å². The zero-order chi connectivity index (χ0) is 22.1. The van der Waals surface area contributed by atoms with E-state index >= 15 is 0 Å². The average molecular weight is 413 g/mol. The molecule has 2 aromatic carbocycles. The second-order valence-electron chi connectivity index (χ2n) is 6.43. The van der Waals surface area contributed by atoms with E-state index in [9.17, 15) is 24.5 Å². The summed E-state index contributed by atoms with van der Waals surface area (Å²) in [7, 11) is 0. The van der Waals surface area contributed by atoms with Gasteiger partial charge >= 0.3 is 11.9 Å². The second kappa shape index (κ2) is 10.8. The predicted molar refractivity (Wildman–Crippen MR) is 108 cm³/mol. The number of nitro benzene ring substituents is 1. The largest absolute Gasteiger partial charge is 0.465 e. The third-order valence-corrected chi connectivity index (χ3v) is 4.52. The summed E-state index contributed by atoms with van der Waals surface area (Å²) in [6.45, 7) is 3.40. The first-order valence-corrected chi connectivity index (χ1v) is 9.54. The van der Waals surface area contributed by atoms with Gasteiger partial charge in [0.05, 0.1) is 18.1 Å². The van der Waals surface area contributed by atoms with E-state index in [1.54, 1.807) is 44.2 Å². The fourth-order valence-electron chi connectivity index (χ4n) is 3.10. The van der Waals surface area contributed by atoms with Crippen LogP contribution in [0.25, 0.3) is 0 Å². The van der Waals surface area contributed by atoms with Crippen LogP contribution in [0.1, 0.15) is 42.1 Å². The van der Waals surface area contributed by atoms with Crippen molar-refractivity contribution in [3.8, 4) is 0 Å². The average Bonchev–Trinajstić information content (AvgIpc) is 2.74. The highest BCUT2D eigenvalue weighted by atomic mass is 16.6. The molecule has 0 aliphatic rings. The van der Waals surface area contributed by atoms with Crippen LogP contribution in [0.2, 0.25) is 0 Å². The quantitative estimate of drug-likeness (QED) is 0.192. The Balaban J connectivity index is 2.40. The number of nitrogens with zero attached hydrogens (tertiary/aromatic N) is 1. The molecule has 2 aromatic rings. The Kier molecular flexibility index (Phi) is 8.22. The highest BCUT2D eigenvalue weighted by Gasteiger charge is 2.39. The van der Waals surface area contributed by atoms with Crippen molar-refractivity contribution in [3.63, 3.8) is 0 Å². The van der Waals surface area contributed by atoms with Crippen molar-refractivity contribution in [1.29, 1.82) is 0 Å². The number of non-ortho nitro benzene ring substituents is 1. The fraction of sp³-hybridized carbons (Fsp3) is 0.318. The van der Waals surface area contributed by atoms with Gasteiger partial charge in [-0.3, -0.25) is 24.5 Å². The molecule has 0 aliphatic carbocycles. The number of carbonyl (C=O) groups excluding carboxylic acids is 3. The maximum Gasteiger partial charge on any atom is 0.320 e. The Morgan fingerprint density at radius 2 is 1.43 bits per heavy atom. The van der Waals surface area contributed by atoms with Crippen molar-refractivity contribution in [2.24, 2.45) is 5.92 Å². The number of hydrogen-bond donors (Lipinski definition) is 0. The third kappa shape index (κ3) is 5.73. The monoisotopic (exact) mass is 413 g/mol. The van der Waals surface area contributed by atoms with E-state index in [4.69, 9.17) is 9.47 Å². The van der Waals surface area contributed by atoms with Gasteiger partial charge in [0.25, 0.3) is 5.69 Å². The Morgan fingerprint density at radius 3 is 1.90 bits per heavy atom. The molecule has 0 aliphatic heterocycles. The number of ether oxygens (including phenoxy) is 2. The molecular weight excluding hydrogens is 390 g/mol. The lowest BCUT2D eigenvalue weighted by molar-refractivity contribution is -0.384. The van der Waals surface area contributed by atoms with Gasteiger partial charge in [-0.15, -0.1) is 0 Å². The number of esters is 2. The van der Waals surface area contributed by atoms with Crippen molar-refractivity contribution < 1.29 is 28.8 Å². The van der Waals surface area contributed by atoms with E-state index in [1.165, 1.54) is 24.3 Å². The first-order chi connectivity index (χ1) is 14.4. The summed E-state index contributed by atoms with van der Waals surface area (Å²) in [6, 6.07) is 13.9. The van der Waals surface area contributed by atoms with Crippen molar-refractivity contribution in [2.45, 2.75) is 26.2 Å². The molecule has 8 heteroatoms. The maximum atomic E-state index is 12.9. The van der Waals surface area contributed by atoms with Gasteiger partial charge in [-0.05, 0) is 31.5 Å². The lowest BCUT2D eigenvalue weighted by Crippen LogP contribution is -2.34. The fourth-order valence-corrected chi connectivity index (χ4v) is 3.10. The first kappa shape index (κ1) is 22.7. The van der Waals surface area contributed by atoms with Crippen molar-refractivity contribution in [1.82, 2.24) is 0 Å². The molecular formula is C22H23NO7. The summed E-state index contributed by atoms with van der Waals surface area (Å²) in [5, 5.41) is 10.8. The van der Waals surface area contributed by atoms with E-state index in [0.29, 0.717) is 5.56 Å². The lowest BCUT2D eigenvalue weighted by Gasteiger charge is -2.24. The molecule has 1 atom stereocenters. The number of nitro groups is 1. The van der Waals surface area contributed by atoms with Crippen molar-refractivity contribution in [2.75, 3.05) is 13.2 Å². The molecule has 0 amide bonds. The first-order valence-electron chi connectivity index (χ1n) is 9.54. The molecule has 0 bridgehead atoms. The normalized spacial score (nSPS) is 11.6. The number of ketones is 1. The van der Waals surface area contributed by atoms with Gasteiger partial charge in [0.1, 0.15) is 0 Å². The Bertz CT molecular complexity index is 875. The number of benzene rings is 2. The van der Waals surface area contributed by atoms with Gasteiger partial charge in [0, 0.05) is 30.0 Å². The van der Waals surface area contributed by atoms with E-state index in [1.807, 2.05) is 0 Å². The molecule has 0 heterocycles. The molecule has 158 valence electrons. The Morgan fingerprint density at radius 1 is 0.900 bits per heavy atom. The summed E-state index contributed by atoms with van der Waals surface area (Å²) in [4.78, 5) is 48.4. The van der Waals surface area contributed by atoms with Gasteiger partial charge in [-0.1, -0.05) is 30.3 Å². The SMILES string of the molecule is CCOC(=O)C(C(=O)OCC)C(CC(=O)c1ccc([N+](=O)[O-])cc1)c1ccccc1. The van der Waals surface area contributed by atoms with Crippen molar-refractivity contribution >= 4 is 23.4 Å². The van der Waals surface area contributed by atoms with Gasteiger partial charge < -0.3 is 9.47 Å². The number of hydrogen-bond acceptors (Lipinski definition) is 7. The second-order valence-corrected chi connectivity index (χ2v) is 6.43. The summed E-state index contributed by atoms with van der Waals surface area (Å²) in [6.07, 6.45) is -0.176. The standard InChI is InChI=1S/C22H23NO7/c1-3-29-21(25)20(22(26)30-4-2)18(15-8-6-5-7-9-15)14-19(24)16-10-12-17(13-11-16)23(27)28/h5-13,18,20H,3-4,14H2,1-2H3. The van der Waals surface area contributed by atoms with Crippen LogP contribution >= 0.6 is 0 Å². The van der Waals surface area contributed by atoms with E-state index in [2.05, 4.69) is 0 Å². The number of rotatable bonds is 10. The Hall–Kier alpha value is -3.55. The van der Waals surface area contributed by atoms with Gasteiger partial charge in [-0.2, -0.15) is 0 Å². The van der Waals surface area contributed by atoms with Crippen LogP contribution in [0, 0.1) is 16.0 Å². The van der Waals surface area contributed by atoms with Crippen LogP contribution in [0.3, 0.4) is 0 Å². The minimum Gasteiger partial charge on any atom is -0.465 e. The summed E-state index contributed by atoms with van der Waals surface area (Å²) in [5.41, 5.74) is 0.717. The molecule has 0 saturated heterocycles. The summed E-state index contributed by atoms with van der Waals surface area (Å²) in [5.74, 6) is -4.01. The molecule has 0 spiro atoms. The molecule has 0 radical (unpaired) electrons. The smallest absolute Gasteiger partial charge is 0.320 e. The zero-order valence-corrected chi connectivity index (χ0v) is 16.8. The predicted octanol–water partition coefficient (Wildman–Crippen LogP) is 3.69. The highest BCUT2D eigenvalue weighted by Crippen LogP contribution is 2.32. The van der Waals surface area contributed by atoms with Crippen LogP contribution in [-0.2, 0) is 19.1 Å². The molecule has 1 unspecified atom stereocenters. The molecule has 8 nitrogen and oxygen atoms in total. The molecule has 0 N–H and O–H groups in total. The van der Waals surface area contributed by atoms with Gasteiger partial charge in [0.15, 0.2) is 11.7 Å². The molecule has 2 rings (SSSR count). The van der Waals surface area contributed by atoms with Crippen molar-refractivity contribution in [3.05, 3.63) is 75.8 Å². The highest BCUT2D eigenvalue weighted by molar-refractivity contribution is 6.00. The lowest BCUT2D eigenvalue weighted by atomic mass is 9.81. The van der Waals surface area contributed by atoms with Crippen LogP contribution in [0.4, 0.5) is 5.69 Å². The molecule has 0 fully saturated rings. The number of Topliss-reactive ketones (excluding diaryl/α,β-unsaturated/α-hetero) is 1. The summed E-state index contributed by atoms with van der Waals surface area (Å²) >= 11 is 0. The van der Waals surface area contributed by atoms with Crippen LogP contribution in [-0.4, -0.2) is 35.9 Å². The molecule has 0 saturated carbocycles. The molecule has 0 aromatic heterocycles. The third-order valence-electron chi connectivity index (χ3n) is 4.52.